The fourth-order valence-corrected chi connectivity index (χ4v) is 1.71. The van der Waals surface area contributed by atoms with Crippen molar-refractivity contribution in [2.45, 2.75) is 5.03 Å². The van der Waals surface area contributed by atoms with Gasteiger partial charge in [-0.05, 0) is 22.6 Å². The van der Waals surface area contributed by atoms with Crippen LogP contribution in [0.5, 0.6) is 0 Å². The molecule has 0 amide bonds. The minimum absolute atomic E-state index is 0.772. The van der Waals surface area contributed by atoms with Crippen LogP contribution in [-0.2, 0) is 0 Å². The average Bonchev–Trinajstić information content (AvgIpc) is 2.62. The summed E-state index contributed by atoms with van der Waals surface area (Å²) < 4.78 is 1.72. The molecule has 0 fully saturated rings. The smallest absolute Gasteiger partial charge is 0.180 e. The summed E-state index contributed by atoms with van der Waals surface area (Å²) in [5, 5.41) is 12.3. The first-order chi connectivity index (χ1) is 6.42. The Labute approximate surface area is 79.6 Å². The molecule has 0 aromatic carbocycles. The van der Waals surface area contributed by atoms with Gasteiger partial charge in [0.1, 0.15) is 5.03 Å². The highest BCUT2D eigenvalue weighted by Gasteiger charge is 2.01. The monoisotopic (exact) mass is 192 g/mol. The summed E-state index contributed by atoms with van der Waals surface area (Å²) in [6, 6.07) is 5.80. The topological polar surface area (TPSA) is 43.1 Å². The maximum absolute atomic E-state index is 3.87. The molecule has 4 nitrogen and oxygen atoms in total. The third kappa shape index (κ3) is 1.55. The van der Waals surface area contributed by atoms with Crippen molar-refractivity contribution >= 4 is 17.4 Å². The lowest BCUT2D eigenvalue weighted by Gasteiger charge is -1.98. The van der Waals surface area contributed by atoms with Gasteiger partial charge in [-0.15, -0.1) is 23.4 Å². The molecule has 0 aliphatic heterocycles. The molecule has 0 spiro atoms. The Hall–Kier alpha value is -1.36. The molecule has 0 atom stereocenters. The molecule has 2 rings (SSSR count). The van der Waals surface area contributed by atoms with Crippen molar-refractivity contribution in [1.29, 1.82) is 0 Å². The van der Waals surface area contributed by atoms with Gasteiger partial charge in [-0.2, -0.15) is 4.52 Å². The summed E-state index contributed by atoms with van der Waals surface area (Å²) in [5.74, 6) is 0.860. The molecule has 0 radical (unpaired) electrons. The summed E-state index contributed by atoms with van der Waals surface area (Å²) >= 11 is 1.66. The largest absolute Gasteiger partial charge is 0.187 e. The van der Waals surface area contributed by atoms with E-state index < -0.39 is 0 Å². The van der Waals surface area contributed by atoms with Gasteiger partial charge in [0.15, 0.2) is 5.65 Å². The third-order valence-electron chi connectivity index (χ3n) is 1.54. The number of pyridine rings is 1. The summed E-state index contributed by atoms with van der Waals surface area (Å²) in [6.45, 7) is 3.66. The fraction of sp³-hybridized carbons (Fsp3) is 0.125. The molecule has 0 saturated heterocycles. The summed E-state index contributed by atoms with van der Waals surface area (Å²) in [7, 11) is 0. The van der Waals surface area contributed by atoms with E-state index in [4.69, 9.17) is 0 Å². The lowest BCUT2D eigenvalue weighted by Crippen LogP contribution is -1.91. The van der Waals surface area contributed by atoms with E-state index >= 15 is 0 Å². The first-order valence-electron chi connectivity index (χ1n) is 3.82. The van der Waals surface area contributed by atoms with E-state index in [-0.39, 0.29) is 0 Å². The number of aromatic nitrogens is 4. The number of nitrogens with zero attached hydrogens (tertiary/aromatic N) is 4. The van der Waals surface area contributed by atoms with Crippen LogP contribution in [0.4, 0.5) is 0 Å². The number of hydrogen-bond acceptors (Lipinski definition) is 4. The standard InChI is InChI=1S/C8H8N4S/c1-2-6-13-8-5-3-4-7-9-10-11-12(7)8/h2-5H,1,6H2. The Kier molecular flexibility index (Phi) is 2.27. The molecule has 0 N–H and O–H groups in total. The second kappa shape index (κ2) is 3.57. The van der Waals surface area contributed by atoms with Crippen LogP contribution in [0.25, 0.3) is 5.65 Å². The fourth-order valence-electron chi connectivity index (χ4n) is 0.996. The summed E-state index contributed by atoms with van der Waals surface area (Å²) in [6.07, 6.45) is 1.86. The van der Waals surface area contributed by atoms with Crippen molar-refractivity contribution < 1.29 is 0 Å². The SMILES string of the molecule is C=CCSc1cccc2nnnn12. The zero-order valence-electron chi connectivity index (χ0n) is 6.92. The van der Waals surface area contributed by atoms with Crippen LogP contribution in [0.15, 0.2) is 35.9 Å². The van der Waals surface area contributed by atoms with Crippen molar-refractivity contribution in [2.75, 3.05) is 5.75 Å². The first-order valence-corrected chi connectivity index (χ1v) is 4.81. The molecular weight excluding hydrogens is 184 g/mol. The van der Waals surface area contributed by atoms with Gasteiger partial charge < -0.3 is 0 Å². The second-order valence-corrected chi connectivity index (χ2v) is 3.45. The van der Waals surface area contributed by atoms with Crippen LogP contribution in [0.3, 0.4) is 0 Å². The second-order valence-electron chi connectivity index (χ2n) is 2.41. The number of thioether (sulfide) groups is 1. The van der Waals surface area contributed by atoms with Gasteiger partial charge >= 0.3 is 0 Å². The van der Waals surface area contributed by atoms with Crippen molar-refractivity contribution in [1.82, 2.24) is 20.0 Å². The highest BCUT2D eigenvalue weighted by Crippen LogP contribution is 2.17. The quantitative estimate of drug-likeness (QED) is 0.544. The van der Waals surface area contributed by atoms with Crippen molar-refractivity contribution in [3.8, 4) is 0 Å². The lowest BCUT2D eigenvalue weighted by atomic mass is 10.5. The van der Waals surface area contributed by atoms with Gasteiger partial charge in [-0.3, -0.25) is 0 Å². The van der Waals surface area contributed by atoms with E-state index in [1.807, 2.05) is 24.3 Å². The van der Waals surface area contributed by atoms with Crippen LogP contribution in [0.2, 0.25) is 0 Å². The number of fused-ring (bicyclic) bond motifs is 1. The van der Waals surface area contributed by atoms with Crippen LogP contribution in [0.1, 0.15) is 0 Å². The van der Waals surface area contributed by atoms with Crippen LogP contribution in [0, 0.1) is 0 Å². The van der Waals surface area contributed by atoms with Gasteiger partial charge in [0.2, 0.25) is 0 Å². The van der Waals surface area contributed by atoms with Crippen LogP contribution >= 0.6 is 11.8 Å². The predicted octanol–water partition coefficient (Wildman–Crippen LogP) is 1.40. The van der Waals surface area contributed by atoms with E-state index in [9.17, 15) is 0 Å². The van der Waals surface area contributed by atoms with E-state index in [0.29, 0.717) is 0 Å². The minimum Gasteiger partial charge on any atom is -0.187 e. The highest BCUT2D eigenvalue weighted by molar-refractivity contribution is 7.99. The van der Waals surface area contributed by atoms with Crippen molar-refractivity contribution in [3.05, 3.63) is 30.9 Å². The maximum Gasteiger partial charge on any atom is 0.180 e. The van der Waals surface area contributed by atoms with Crippen molar-refractivity contribution in [3.63, 3.8) is 0 Å². The molecule has 0 aliphatic rings. The Morgan fingerprint density at radius 3 is 3.31 bits per heavy atom. The summed E-state index contributed by atoms with van der Waals surface area (Å²) in [5.41, 5.74) is 0.772. The molecule has 0 aliphatic carbocycles. The summed E-state index contributed by atoms with van der Waals surface area (Å²) in [4.78, 5) is 0. The first kappa shape index (κ1) is 8.25. The molecular formula is C8H8N4S. The van der Waals surface area contributed by atoms with Crippen LogP contribution < -0.4 is 0 Å². The Morgan fingerprint density at radius 1 is 1.54 bits per heavy atom. The Morgan fingerprint density at radius 2 is 2.46 bits per heavy atom. The zero-order valence-corrected chi connectivity index (χ0v) is 7.74. The molecule has 13 heavy (non-hydrogen) atoms. The van der Waals surface area contributed by atoms with Crippen LogP contribution in [-0.4, -0.2) is 25.8 Å². The van der Waals surface area contributed by atoms with E-state index in [1.165, 1.54) is 0 Å². The minimum atomic E-state index is 0.772. The molecule has 5 heteroatoms. The van der Waals surface area contributed by atoms with Gasteiger partial charge in [0.25, 0.3) is 0 Å². The molecule has 0 bridgehead atoms. The van der Waals surface area contributed by atoms with E-state index in [1.54, 1.807) is 16.3 Å². The zero-order chi connectivity index (χ0) is 9.10. The van der Waals surface area contributed by atoms with E-state index in [0.717, 1.165) is 16.4 Å². The van der Waals surface area contributed by atoms with Gasteiger partial charge in [-0.25, -0.2) is 0 Å². The molecule has 0 saturated carbocycles. The van der Waals surface area contributed by atoms with Crippen molar-refractivity contribution in [2.24, 2.45) is 0 Å². The molecule has 0 unspecified atom stereocenters. The normalized spacial score (nSPS) is 10.5. The Bertz CT molecular complexity index is 423. The number of hydrogen-bond donors (Lipinski definition) is 0. The average molecular weight is 192 g/mol. The Balaban J connectivity index is 2.42. The number of rotatable bonds is 3. The molecule has 66 valence electrons. The number of tetrazole rings is 1. The molecule has 2 heterocycles. The van der Waals surface area contributed by atoms with Gasteiger partial charge in [-0.1, -0.05) is 12.1 Å². The van der Waals surface area contributed by atoms with E-state index in [2.05, 4.69) is 22.1 Å². The predicted molar refractivity (Wildman–Crippen MR) is 51.7 cm³/mol. The molecule has 2 aromatic rings. The third-order valence-corrected chi connectivity index (χ3v) is 2.54. The van der Waals surface area contributed by atoms with Gasteiger partial charge in [0, 0.05) is 5.75 Å². The maximum atomic E-state index is 3.87. The highest BCUT2D eigenvalue weighted by atomic mass is 32.2. The molecule has 2 aromatic heterocycles. The van der Waals surface area contributed by atoms with Gasteiger partial charge in [0.05, 0.1) is 0 Å². The lowest BCUT2D eigenvalue weighted by molar-refractivity contribution is 0.773.